The Morgan fingerprint density at radius 2 is 2.11 bits per heavy atom. The average molecular weight is 276 g/mol. The van der Waals surface area contributed by atoms with Crippen LogP contribution in [0.15, 0.2) is 18.5 Å². The van der Waals surface area contributed by atoms with Gasteiger partial charge in [0.25, 0.3) is 0 Å². The van der Waals surface area contributed by atoms with E-state index < -0.39 is 0 Å². The number of nitrogens with zero attached hydrogens (tertiary/aromatic N) is 3. The summed E-state index contributed by atoms with van der Waals surface area (Å²) in [5.74, 6) is 0. The molecule has 0 aliphatic carbocycles. The van der Waals surface area contributed by atoms with E-state index >= 15 is 0 Å². The van der Waals surface area contributed by atoms with Crippen LogP contribution in [0.4, 0.5) is 0 Å². The van der Waals surface area contributed by atoms with E-state index in [4.69, 9.17) is 0 Å². The third-order valence-corrected chi connectivity index (χ3v) is 3.79. The van der Waals surface area contributed by atoms with Crippen LogP contribution < -0.4 is 5.32 Å². The molecule has 0 amide bonds. The maximum absolute atomic E-state index is 4.25. The summed E-state index contributed by atoms with van der Waals surface area (Å²) in [4.78, 5) is 4.19. The number of aryl methyl sites for hydroxylation is 2. The average Bonchev–Trinajstić information content (AvgIpc) is 2.87. The molecule has 19 heavy (non-hydrogen) atoms. The zero-order valence-electron chi connectivity index (χ0n) is 11.5. The summed E-state index contributed by atoms with van der Waals surface area (Å²) in [6.07, 6.45) is 6.99. The second-order valence-electron chi connectivity index (χ2n) is 4.61. The smallest absolute Gasteiger partial charge is 0.149 e. The molecule has 0 unspecified atom stereocenters. The van der Waals surface area contributed by atoms with E-state index in [2.05, 4.69) is 33.5 Å². The van der Waals surface area contributed by atoms with Crippen LogP contribution in [-0.2, 0) is 6.42 Å². The Bertz CT molecular complexity index is 510. The second-order valence-corrected chi connectivity index (χ2v) is 5.67. The first-order chi connectivity index (χ1) is 9.29. The van der Waals surface area contributed by atoms with E-state index in [1.54, 1.807) is 11.3 Å². The Morgan fingerprint density at radius 1 is 1.21 bits per heavy atom. The van der Waals surface area contributed by atoms with E-state index in [0.717, 1.165) is 47.1 Å². The zero-order chi connectivity index (χ0) is 13.5. The molecule has 2 aromatic heterocycles. The largest absolute Gasteiger partial charge is 0.317 e. The Labute approximate surface area is 118 Å². The van der Waals surface area contributed by atoms with Crippen molar-refractivity contribution >= 4 is 11.3 Å². The van der Waals surface area contributed by atoms with Gasteiger partial charge in [-0.25, -0.2) is 0 Å². The van der Waals surface area contributed by atoms with Crippen molar-refractivity contribution in [1.82, 2.24) is 20.5 Å². The Kier molecular flexibility index (Phi) is 5.42. The number of aromatic nitrogens is 3. The SMILES string of the molecule is CCCNCCCc1nnc(-c2cncc(C)c2)s1. The molecule has 0 aliphatic rings. The maximum atomic E-state index is 4.25. The van der Waals surface area contributed by atoms with Gasteiger partial charge in [0.1, 0.15) is 10.0 Å². The molecule has 4 nitrogen and oxygen atoms in total. The van der Waals surface area contributed by atoms with Crippen molar-refractivity contribution in [3.63, 3.8) is 0 Å². The molecule has 0 radical (unpaired) electrons. The van der Waals surface area contributed by atoms with Crippen LogP contribution in [0.1, 0.15) is 30.3 Å². The number of nitrogens with one attached hydrogen (secondary N) is 1. The van der Waals surface area contributed by atoms with Gasteiger partial charge in [-0.05, 0) is 44.5 Å². The van der Waals surface area contributed by atoms with Gasteiger partial charge < -0.3 is 5.32 Å². The molecule has 2 heterocycles. The van der Waals surface area contributed by atoms with Crippen LogP contribution in [0.3, 0.4) is 0 Å². The van der Waals surface area contributed by atoms with Gasteiger partial charge in [0.15, 0.2) is 0 Å². The van der Waals surface area contributed by atoms with Crippen molar-refractivity contribution in [3.05, 3.63) is 29.0 Å². The molecular formula is C14H20N4S. The molecule has 0 atom stereocenters. The van der Waals surface area contributed by atoms with E-state index in [9.17, 15) is 0 Å². The fourth-order valence-corrected chi connectivity index (χ4v) is 2.67. The summed E-state index contributed by atoms with van der Waals surface area (Å²) < 4.78 is 0. The molecule has 2 rings (SSSR count). The topological polar surface area (TPSA) is 50.7 Å². The van der Waals surface area contributed by atoms with Crippen molar-refractivity contribution in [2.24, 2.45) is 0 Å². The zero-order valence-corrected chi connectivity index (χ0v) is 12.3. The minimum atomic E-state index is 0.965. The molecule has 0 aromatic carbocycles. The standard InChI is InChI=1S/C14H20N4S/c1-3-6-15-7-4-5-13-17-18-14(19-13)12-8-11(2)9-16-10-12/h8-10,15H,3-7H2,1-2H3. The van der Waals surface area contributed by atoms with Crippen molar-refractivity contribution in [3.8, 4) is 10.6 Å². The van der Waals surface area contributed by atoms with Crippen molar-refractivity contribution in [2.75, 3.05) is 13.1 Å². The Balaban J connectivity index is 1.88. The van der Waals surface area contributed by atoms with Crippen LogP contribution in [0, 0.1) is 6.92 Å². The van der Waals surface area contributed by atoms with Crippen LogP contribution >= 0.6 is 11.3 Å². The van der Waals surface area contributed by atoms with Gasteiger partial charge in [0.05, 0.1) is 0 Å². The van der Waals surface area contributed by atoms with Gasteiger partial charge in [0.2, 0.25) is 0 Å². The van der Waals surface area contributed by atoms with Crippen LogP contribution in [-0.4, -0.2) is 28.3 Å². The molecule has 102 valence electrons. The molecule has 0 aliphatic heterocycles. The highest BCUT2D eigenvalue weighted by Gasteiger charge is 2.06. The fourth-order valence-electron chi connectivity index (χ4n) is 1.81. The molecule has 5 heteroatoms. The fraction of sp³-hybridized carbons (Fsp3) is 0.500. The molecule has 0 saturated carbocycles. The van der Waals surface area contributed by atoms with Crippen LogP contribution in [0.5, 0.6) is 0 Å². The van der Waals surface area contributed by atoms with Gasteiger partial charge in [0, 0.05) is 24.4 Å². The summed E-state index contributed by atoms with van der Waals surface area (Å²) in [5.41, 5.74) is 2.21. The summed E-state index contributed by atoms with van der Waals surface area (Å²) in [6.45, 7) is 6.36. The minimum Gasteiger partial charge on any atom is -0.317 e. The normalized spacial score (nSPS) is 10.8. The predicted octanol–water partition coefficient (Wildman–Crippen LogP) is 2.84. The van der Waals surface area contributed by atoms with Gasteiger partial charge >= 0.3 is 0 Å². The lowest BCUT2D eigenvalue weighted by Gasteiger charge is -2.00. The van der Waals surface area contributed by atoms with Crippen molar-refractivity contribution in [2.45, 2.75) is 33.1 Å². The lowest BCUT2D eigenvalue weighted by molar-refractivity contribution is 0.637. The molecular weight excluding hydrogens is 256 g/mol. The number of hydrogen-bond acceptors (Lipinski definition) is 5. The molecule has 0 spiro atoms. The minimum absolute atomic E-state index is 0.965. The van der Waals surface area contributed by atoms with Gasteiger partial charge in [-0.2, -0.15) is 0 Å². The number of rotatable bonds is 7. The van der Waals surface area contributed by atoms with Crippen LogP contribution in [0.2, 0.25) is 0 Å². The molecule has 0 fully saturated rings. The highest BCUT2D eigenvalue weighted by Crippen LogP contribution is 2.23. The first kappa shape index (κ1) is 14.1. The highest BCUT2D eigenvalue weighted by atomic mass is 32.1. The monoisotopic (exact) mass is 276 g/mol. The molecule has 0 saturated heterocycles. The second kappa shape index (κ2) is 7.31. The van der Waals surface area contributed by atoms with Crippen LogP contribution in [0.25, 0.3) is 10.6 Å². The summed E-state index contributed by atoms with van der Waals surface area (Å²) in [5, 5.41) is 14.0. The Morgan fingerprint density at radius 3 is 2.89 bits per heavy atom. The number of hydrogen-bond donors (Lipinski definition) is 1. The molecule has 1 N–H and O–H groups in total. The lowest BCUT2D eigenvalue weighted by Crippen LogP contribution is -2.16. The Hall–Kier alpha value is -1.33. The van der Waals surface area contributed by atoms with E-state index in [-0.39, 0.29) is 0 Å². The molecule has 0 bridgehead atoms. The summed E-state index contributed by atoms with van der Waals surface area (Å²) >= 11 is 1.67. The van der Waals surface area contributed by atoms with Gasteiger partial charge in [-0.15, -0.1) is 10.2 Å². The van der Waals surface area contributed by atoms with Gasteiger partial charge in [-0.3, -0.25) is 4.98 Å². The summed E-state index contributed by atoms with van der Waals surface area (Å²) in [6, 6.07) is 2.10. The summed E-state index contributed by atoms with van der Waals surface area (Å²) in [7, 11) is 0. The van der Waals surface area contributed by atoms with Crippen molar-refractivity contribution in [1.29, 1.82) is 0 Å². The maximum Gasteiger partial charge on any atom is 0.149 e. The van der Waals surface area contributed by atoms with E-state index in [1.165, 1.54) is 6.42 Å². The first-order valence-electron chi connectivity index (χ1n) is 6.74. The number of pyridine rings is 1. The van der Waals surface area contributed by atoms with E-state index in [0.29, 0.717) is 0 Å². The lowest BCUT2D eigenvalue weighted by atomic mass is 10.2. The third kappa shape index (κ3) is 4.36. The third-order valence-electron chi connectivity index (χ3n) is 2.76. The quantitative estimate of drug-likeness (QED) is 0.790. The highest BCUT2D eigenvalue weighted by molar-refractivity contribution is 7.14. The van der Waals surface area contributed by atoms with Crippen molar-refractivity contribution < 1.29 is 0 Å². The first-order valence-corrected chi connectivity index (χ1v) is 7.56. The predicted molar refractivity (Wildman–Crippen MR) is 79.4 cm³/mol. The van der Waals surface area contributed by atoms with E-state index in [1.807, 2.05) is 19.3 Å². The van der Waals surface area contributed by atoms with Gasteiger partial charge in [-0.1, -0.05) is 18.3 Å². The molecule has 2 aromatic rings.